The molecule has 1 saturated heterocycles. The van der Waals surface area contributed by atoms with E-state index in [1.54, 1.807) is 30.1 Å². The lowest BCUT2D eigenvalue weighted by atomic mass is 9.48. The Bertz CT molecular complexity index is 1320. The zero-order valence-electron chi connectivity index (χ0n) is 21.4. The number of piperidine rings is 1. The van der Waals surface area contributed by atoms with Crippen LogP contribution in [0.25, 0.3) is 0 Å². The largest absolute Gasteiger partial charge is 0.504 e. The van der Waals surface area contributed by atoms with Crippen molar-refractivity contribution in [1.29, 1.82) is 0 Å². The molecule has 2 aromatic carbocycles. The van der Waals surface area contributed by atoms with Gasteiger partial charge < -0.3 is 25.2 Å². The minimum absolute atomic E-state index is 0.0145. The van der Waals surface area contributed by atoms with Gasteiger partial charge in [0.05, 0.1) is 27.1 Å². The van der Waals surface area contributed by atoms with Crippen molar-refractivity contribution >= 4 is 29.2 Å². The van der Waals surface area contributed by atoms with E-state index in [1.165, 1.54) is 12.8 Å². The quantitative estimate of drug-likeness (QED) is 0.505. The van der Waals surface area contributed by atoms with Crippen molar-refractivity contribution < 1.29 is 19.7 Å². The molecular formula is C29H33Cl2N3O4. The van der Waals surface area contributed by atoms with Crippen LogP contribution in [0, 0.1) is 5.92 Å². The SMILES string of the molecule is CN(C(=O)NCc1ccc(Cl)c(Cl)c1)[C@H]1CC[C@@]2(O)[C@H]3Cc4ccc(O)c5c4[C@@]2(CCN3CC2CC2)[C@H]1O5. The fraction of sp³-hybridized carbons (Fsp3) is 0.552. The molecule has 0 unspecified atom stereocenters. The van der Waals surface area contributed by atoms with Crippen LogP contribution in [0.15, 0.2) is 30.3 Å². The first-order valence-electron chi connectivity index (χ1n) is 13.7. The lowest BCUT2D eigenvalue weighted by Gasteiger charge is -2.64. The highest BCUT2D eigenvalue weighted by Crippen LogP contribution is 2.66. The van der Waals surface area contributed by atoms with E-state index in [4.69, 9.17) is 27.9 Å². The maximum absolute atomic E-state index is 13.4. The first kappa shape index (κ1) is 24.8. The van der Waals surface area contributed by atoms with Gasteiger partial charge in [-0.25, -0.2) is 4.79 Å². The highest BCUT2D eigenvalue weighted by atomic mass is 35.5. The summed E-state index contributed by atoms with van der Waals surface area (Å²) in [5, 5.41) is 27.3. The Morgan fingerprint density at radius 1 is 1.18 bits per heavy atom. The number of likely N-dealkylation sites (N-methyl/N-ethyl adjacent to an activating group) is 1. The van der Waals surface area contributed by atoms with Crippen LogP contribution in [0.1, 0.15) is 48.8 Å². The number of hydrogen-bond acceptors (Lipinski definition) is 5. The second kappa shape index (κ2) is 8.65. The summed E-state index contributed by atoms with van der Waals surface area (Å²) in [5.41, 5.74) is 1.37. The molecule has 2 aliphatic heterocycles. The van der Waals surface area contributed by atoms with Crippen LogP contribution in [-0.2, 0) is 18.4 Å². The van der Waals surface area contributed by atoms with Gasteiger partial charge in [-0.15, -0.1) is 0 Å². The van der Waals surface area contributed by atoms with Crippen molar-refractivity contribution in [3.63, 3.8) is 0 Å². The lowest BCUT2D eigenvalue weighted by molar-refractivity contribution is -0.197. The van der Waals surface area contributed by atoms with Crippen molar-refractivity contribution in [2.45, 2.75) is 74.3 Å². The van der Waals surface area contributed by atoms with Crippen molar-refractivity contribution in [3.05, 3.63) is 57.1 Å². The van der Waals surface area contributed by atoms with Crippen LogP contribution in [-0.4, -0.2) is 70.0 Å². The number of phenolic OH excluding ortho intramolecular Hbond substituents is 1. The van der Waals surface area contributed by atoms with Gasteiger partial charge in [0.25, 0.3) is 0 Å². The van der Waals surface area contributed by atoms with E-state index in [2.05, 4.69) is 10.2 Å². The molecule has 2 aromatic rings. The van der Waals surface area contributed by atoms with E-state index in [1.807, 2.05) is 12.1 Å². The van der Waals surface area contributed by atoms with E-state index in [9.17, 15) is 15.0 Å². The van der Waals surface area contributed by atoms with Crippen molar-refractivity contribution in [3.8, 4) is 11.5 Å². The topological polar surface area (TPSA) is 85.3 Å². The average molecular weight is 559 g/mol. The number of phenols is 1. The number of urea groups is 1. The van der Waals surface area contributed by atoms with E-state index in [-0.39, 0.29) is 23.9 Å². The number of aromatic hydroxyl groups is 1. The van der Waals surface area contributed by atoms with Crippen LogP contribution < -0.4 is 10.1 Å². The summed E-state index contributed by atoms with van der Waals surface area (Å²) in [6.07, 6.45) is 4.83. The number of ether oxygens (including phenoxy) is 1. The number of hydrogen-bond donors (Lipinski definition) is 3. The maximum atomic E-state index is 13.4. The third kappa shape index (κ3) is 3.44. The normalized spacial score (nSPS) is 32.9. The Morgan fingerprint density at radius 2 is 2.00 bits per heavy atom. The molecule has 9 heteroatoms. The number of nitrogens with zero attached hydrogens (tertiary/aromatic N) is 2. The molecular weight excluding hydrogens is 525 g/mol. The number of benzene rings is 2. The van der Waals surface area contributed by atoms with Crippen molar-refractivity contribution in [2.24, 2.45) is 5.92 Å². The highest BCUT2D eigenvalue weighted by Gasteiger charge is 2.73. The Hall–Kier alpha value is -2.19. The number of amides is 2. The number of likely N-dealkylation sites (tertiary alicyclic amines) is 1. The summed E-state index contributed by atoms with van der Waals surface area (Å²) in [7, 11) is 1.80. The molecule has 3 aliphatic carbocycles. The molecule has 2 heterocycles. The third-order valence-corrected chi connectivity index (χ3v) is 10.7. The standard InChI is InChI=1S/C29H33Cl2N3O4/c1-33(27(36)32-14-17-4-6-19(30)20(31)12-17)21-8-9-29(37)23-13-18-5-7-22(35)25-24(18)28(29,26(21)38-25)10-11-34(23)15-16-2-3-16/h4-7,12,16,21,23,26,35,37H,2-3,8-11,13-15H2,1H3,(H,32,36)/t21-,23+,26-,28-,29+/m0/s1. The second-order valence-electron chi connectivity index (χ2n) is 11.9. The average Bonchev–Trinajstić information content (AvgIpc) is 3.64. The van der Waals surface area contributed by atoms with Gasteiger partial charge in [-0.1, -0.05) is 35.3 Å². The highest BCUT2D eigenvalue weighted by molar-refractivity contribution is 6.42. The van der Waals surface area contributed by atoms with Gasteiger partial charge in [0.15, 0.2) is 11.5 Å². The number of carbonyl (C=O) groups excluding carboxylic acids is 1. The molecule has 7 nitrogen and oxygen atoms in total. The summed E-state index contributed by atoms with van der Waals surface area (Å²) in [4.78, 5) is 17.6. The Kier molecular flexibility index (Phi) is 5.65. The first-order valence-corrected chi connectivity index (χ1v) is 14.4. The predicted molar refractivity (Wildman–Crippen MR) is 145 cm³/mol. The number of halogens is 2. The van der Waals surface area contributed by atoms with Crippen LogP contribution in [0.5, 0.6) is 11.5 Å². The van der Waals surface area contributed by atoms with Gasteiger partial charge in [0.1, 0.15) is 6.10 Å². The zero-order valence-corrected chi connectivity index (χ0v) is 22.9. The van der Waals surface area contributed by atoms with Crippen LogP contribution in [0.4, 0.5) is 4.79 Å². The van der Waals surface area contributed by atoms with E-state index < -0.39 is 17.1 Å². The van der Waals surface area contributed by atoms with Crippen LogP contribution >= 0.6 is 23.2 Å². The maximum Gasteiger partial charge on any atom is 0.317 e. The fourth-order valence-corrected chi connectivity index (χ4v) is 8.28. The van der Waals surface area contributed by atoms with Gasteiger partial charge in [0, 0.05) is 31.7 Å². The van der Waals surface area contributed by atoms with Crippen LogP contribution in [0.3, 0.4) is 0 Å². The molecule has 5 aliphatic rings. The zero-order chi connectivity index (χ0) is 26.4. The monoisotopic (exact) mass is 557 g/mol. The van der Waals surface area contributed by atoms with Gasteiger partial charge in [-0.3, -0.25) is 4.90 Å². The minimum atomic E-state index is -0.968. The lowest BCUT2D eigenvalue weighted by Crippen LogP contribution is -2.78. The molecule has 5 atom stereocenters. The Morgan fingerprint density at radius 3 is 2.76 bits per heavy atom. The fourth-order valence-electron chi connectivity index (χ4n) is 7.95. The van der Waals surface area contributed by atoms with Crippen LogP contribution in [0.2, 0.25) is 10.0 Å². The summed E-state index contributed by atoms with van der Waals surface area (Å²) in [5.74, 6) is 1.34. The van der Waals surface area contributed by atoms with Gasteiger partial charge in [0.2, 0.25) is 0 Å². The molecule has 7 rings (SSSR count). The number of nitrogens with one attached hydrogen (secondary N) is 1. The Balaban J connectivity index is 1.20. The molecule has 2 saturated carbocycles. The predicted octanol–water partition coefficient (Wildman–Crippen LogP) is 4.47. The molecule has 0 aromatic heterocycles. The number of rotatable bonds is 5. The molecule has 202 valence electrons. The minimum Gasteiger partial charge on any atom is -0.504 e. The molecule has 2 amide bonds. The van der Waals surface area contributed by atoms with Crippen molar-refractivity contribution in [2.75, 3.05) is 20.1 Å². The second-order valence-corrected chi connectivity index (χ2v) is 12.7. The Labute approximate surface area is 232 Å². The third-order valence-electron chi connectivity index (χ3n) is 9.98. The number of carbonyl (C=O) groups is 1. The first-order chi connectivity index (χ1) is 18.2. The molecule has 38 heavy (non-hydrogen) atoms. The molecule has 0 radical (unpaired) electrons. The molecule has 3 fully saturated rings. The summed E-state index contributed by atoms with van der Waals surface area (Å²) in [6, 6.07) is 8.58. The van der Waals surface area contributed by atoms with Gasteiger partial charge in [-0.05, 0) is 80.3 Å². The van der Waals surface area contributed by atoms with E-state index in [0.29, 0.717) is 35.2 Å². The van der Waals surface area contributed by atoms with Gasteiger partial charge in [-0.2, -0.15) is 0 Å². The summed E-state index contributed by atoms with van der Waals surface area (Å²) >= 11 is 12.2. The molecule has 3 N–H and O–H groups in total. The molecule has 1 spiro atoms. The van der Waals surface area contributed by atoms with Crippen molar-refractivity contribution in [1.82, 2.24) is 15.1 Å². The van der Waals surface area contributed by atoms with Gasteiger partial charge >= 0.3 is 6.03 Å². The van der Waals surface area contributed by atoms with E-state index in [0.717, 1.165) is 48.5 Å². The van der Waals surface area contributed by atoms with E-state index >= 15 is 0 Å². The number of aliphatic hydroxyl groups is 1. The summed E-state index contributed by atoms with van der Waals surface area (Å²) in [6.45, 7) is 2.24. The smallest absolute Gasteiger partial charge is 0.317 e. The summed E-state index contributed by atoms with van der Waals surface area (Å²) < 4.78 is 6.60. The molecule has 2 bridgehead atoms.